The standard InChI is InChI=1S/C17H34N2O2/c1-15-5-3-7-17(11-15,13-18-8-10-21-2)14-19-9-4-6-16(20)12-19/h15-16,18,20H,3-14H2,1-2H3. The molecule has 0 aromatic carbocycles. The van der Waals surface area contributed by atoms with Crippen LogP contribution in [-0.2, 0) is 4.74 Å². The van der Waals surface area contributed by atoms with E-state index in [-0.39, 0.29) is 6.10 Å². The van der Waals surface area contributed by atoms with E-state index in [1.807, 2.05) is 0 Å². The fourth-order valence-electron chi connectivity index (χ4n) is 4.31. The molecule has 3 unspecified atom stereocenters. The first kappa shape index (κ1) is 17.2. The first-order valence-corrected chi connectivity index (χ1v) is 8.74. The van der Waals surface area contributed by atoms with Gasteiger partial charge >= 0.3 is 0 Å². The van der Waals surface area contributed by atoms with E-state index < -0.39 is 0 Å². The molecule has 1 heterocycles. The molecule has 0 aromatic heterocycles. The summed E-state index contributed by atoms with van der Waals surface area (Å²) in [5.41, 5.74) is 0.391. The molecule has 1 aliphatic heterocycles. The number of aliphatic hydroxyl groups is 1. The molecule has 2 N–H and O–H groups in total. The van der Waals surface area contributed by atoms with Crippen molar-refractivity contribution < 1.29 is 9.84 Å². The van der Waals surface area contributed by atoms with E-state index in [4.69, 9.17) is 4.74 Å². The van der Waals surface area contributed by atoms with Crippen LogP contribution in [0, 0.1) is 11.3 Å². The van der Waals surface area contributed by atoms with E-state index in [1.54, 1.807) is 7.11 Å². The van der Waals surface area contributed by atoms with Gasteiger partial charge in [-0.05, 0) is 43.6 Å². The van der Waals surface area contributed by atoms with Crippen LogP contribution in [0.25, 0.3) is 0 Å². The predicted molar refractivity (Wildman–Crippen MR) is 86.5 cm³/mol. The molecule has 0 amide bonds. The summed E-state index contributed by atoms with van der Waals surface area (Å²) in [7, 11) is 1.76. The highest BCUT2D eigenvalue weighted by molar-refractivity contribution is 4.91. The van der Waals surface area contributed by atoms with Crippen molar-refractivity contribution in [1.82, 2.24) is 10.2 Å². The van der Waals surface area contributed by atoms with Crippen molar-refractivity contribution in [3.05, 3.63) is 0 Å². The quantitative estimate of drug-likeness (QED) is 0.704. The summed E-state index contributed by atoms with van der Waals surface area (Å²) in [6.45, 7) is 8.39. The number of hydrogen-bond donors (Lipinski definition) is 2. The summed E-state index contributed by atoms with van der Waals surface area (Å²) >= 11 is 0. The summed E-state index contributed by atoms with van der Waals surface area (Å²) in [6, 6.07) is 0. The topological polar surface area (TPSA) is 44.7 Å². The lowest BCUT2D eigenvalue weighted by Gasteiger charge is -2.45. The van der Waals surface area contributed by atoms with Crippen LogP contribution in [0.15, 0.2) is 0 Å². The van der Waals surface area contributed by atoms with Crippen LogP contribution in [0.4, 0.5) is 0 Å². The zero-order valence-corrected chi connectivity index (χ0v) is 13.9. The molecule has 1 saturated heterocycles. The summed E-state index contributed by atoms with van der Waals surface area (Å²) in [6.07, 6.45) is 7.38. The average molecular weight is 298 g/mol. The third kappa shape index (κ3) is 5.51. The van der Waals surface area contributed by atoms with Gasteiger partial charge in [-0.3, -0.25) is 0 Å². The lowest BCUT2D eigenvalue weighted by Crippen LogP contribution is -2.50. The number of hydrogen-bond acceptors (Lipinski definition) is 4. The summed E-state index contributed by atoms with van der Waals surface area (Å²) < 4.78 is 5.14. The lowest BCUT2D eigenvalue weighted by atomic mass is 9.69. The normalized spacial score (nSPS) is 35.0. The maximum atomic E-state index is 9.92. The van der Waals surface area contributed by atoms with Crippen LogP contribution in [0.5, 0.6) is 0 Å². The van der Waals surface area contributed by atoms with E-state index in [0.717, 1.165) is 58.1 Å². The van der Waals surface area contributed by atoms with Gasteiger partial charge in [-0.15, -0.1) is 0 Å². The molecular weight excluding hydrogens is 264 g/mol. The van der Waals surface area contributed by atoms with Gasteiger partial charge in [-0.25, -0.2) is 0 Å². The van der Waals surface area contributed by atoms with Crippen molar-refractivity contribution in [2.75, 3.05) is 46.4 Å². The molecule has 0 bridgehead atoms. The number of aliphatic hydroxyl groups excluding tert-OH is 1. The number of rotatable bonds is 7. The highest BCUT2D eigenvalue weighted by Crippen LogP contribution is 2.40. The maximum absolute atomic E-state index is 9.92. The molecule has 21 heavy (non-hydrogen) atoms. The third-order valence-electron chi connectivity index (χ3n) is 5.21. The van der Waals surface area contributed by atoms with Crippen LogP contribution < -0.4 is 5.32 Å². The monoisotopic (exact) mass is 298 g/mol. The SMILES string of the molecule is COCCNCC1(CN2CCCC(O)C2)CCCC(C)C1. The highest BCUT2D eigenvalue weighted by Gasteiger charge is 2.37. The van der Waals surface area contributed by atoms with Crippen molar-refractivity contribution in [2.45, 2.75) is 51.6 Å². The van der Waals surface area contributed by atoms with E-state index in [2.05, 4.69) is 17.1 Å². The molecule has 4 heteroatoms. The molecule has 4 nitrogen and oxygen atoms in total. The maximum Gasteiger partial charge on any atom is 0.0667 e. The molecular formula is C17H34N2O2. The molecule has 0 spiro atoms. The summed E-state index contributed by atoms with van der Waals surface area (Å²) in [5, 5.41) is 13.5. The first-order chi connectivity index (χ1) is 10.1. The Morgan fingerprint density at radius 2 is 2.19 bits per heavy atom. The summed E-state index contributed by atoms with van der Waals surface area (Å²) in [5.74, 6) is 0.831. The minimum atomic E-state index is -0.113. The van der Waals surface area contributed by atoms with Crippen LogP contribution in [0.2, 0.25) is 0 Å². The van der Waals surface area contributed by atoms with Gasteiger partial charge in [0.05, 0.1) is 12.7 Å². The van der Waals surface area contributed by atoms with Crippen LogP contribution in [0.1, 0.15) is 45.4 Å². The highest BCUT2D eigenvalue weighted by atomic mass is 16.5. The van der Waals surface area contributed by atoms with Gasteiger partial charge in [0.25, 0.3) is 0 Å². The molecule has 2 aliphatic rings. The Morgan fingerprint density at radius 1 is 1.33 bits per heavy atom. The average Bonchev–Trinajstić information content (AvgIpc) is 2.44. The number of β-amino-alcohol motifs (C(OH)–C–C–N with tert-alkyl or cyclic N) is 1. The third-order valence-corrected chi connectivity index (χ3v) is 5.21. The largest absolute Gasteiger partial charge is 0.392 e. The minimum absolute atomic E-state index is 0.113. The predicted octanol–water partition coefficient (Wildman–Crippen LogP) is 1.88. The van der Waals surface area contributed by atoms with Gasteiger partial charge in [-0.2, -0.15) is 0 Å². The van der Waals surface area contributed by atoms with Crippen LogP contribution in [-0.4, -0.2) is 62.6 Å². The molecule has 2 fully saturated rings. The Bertz CT molecular complexity index is 301. The summed E-state index contributed by atoms with van der Waals surface area (Å²) in [4.78, 5) is 2.50. The van der Waals surface area contributed by atoms with Crippen LogP contribution in [0.3, 0.4) is 0 Å². The molecule has 2 rings (SSSR count). The van der Waals surface area contributed by atoms with E-state index in [0.29, 0.717) is 5.41 Å². The first-order valence-electron chi connectivity index (χ1n) is 8.74. The van der Waals surface area contributed by atoms with Crippen molar-refractivity contribution in [2.24, 2.45) is 11.3 Å². The van der Waals surface area contributed by atoms with E-state index >= 15 is 0 Å². The van der Waals surface area contributed by atoms with Crippen LogP contribution >= 0.6 is 0 Å². The second-order valence-electron chi connectivity index (χ2n) is 7.40. The van der Waals surface area contributed by atoms with Gasteiger partial charge in [-0.1, -0.05) is 19.8 Å². The zero-order chi connectivity index (χ0) is 15.1. The molecule has 124 valence electrons. The molecule has 1 saturated carbocycles. The number of ether oxygens (including phenoxy) is 1. The molecule has 1 aliphatic carbocycles. The van der Waals surface area contributed by atoms with Gasteiger partial charge in [0.15, 0.2) is 0 Å². The zero-order valence-electron chi connectivity index (χ0n) is 13.9. The number of methoxy groups -OCH3 is 1. The van der Waals surface area contributed by atoms with Gasteiger partial charge < -0.3 is 20.1 Å². The van der Waals surface area contributed by atoms with E-state index in [1.165, 1.54) is 25.7 Å². The van der Waals surface area contributed by atoms with Gasteiger partial charge in [0, 0.05) is 33.3 Å². The van der Waals surface area contributed by atoms with Crippen molar-refractivity contribution >= 4 is 0 Å². The number of nitrogens with one attached hydrogen (secondary N) is 1. The second kappa shape index (κ2) is 8.47. The number of nitrogens with zero attached hydrogens (tertiary/aromatic N) is 1. The van der Waals surface area contributed by atoms with Gasteiger partial charge in [0.1, 0.15) is 0 Å². The van der Waals surface area contributed by atoms with Crippen molar-refractivity contribution in [3.63, 3.8) is 0 Å². The molecule has 0 aromatic rings. The number of piperidine rings is 1. The Balaban J connectivity index is 1.90. The Labute approximate surface area is 130 Å². The second-order valence-corrected chi connectivity index (χ2v) is 7.40. The fourth-order valence-corrected chi connectivity index (χ4v) is 4.31. The molecule has 3 atom stereocenters. The lowest BCUT2D eigenvalue weighted by molar-refractivity contribution is 0.0227. The minimum Gasteiger partial charge on any atom is -0.392 e. The molecule has 0 radical (unpaired) electrons. The van der Waals surface area contributed by atoms with Crippen molar-refractivity contribution in [1.29, 1.82) is 0 Å². The smallest absolute Gasteiger partial charge is 0.0667 e. The Morgan fingerprint density at radius 3 is 2.90 bits per heavy atom. The van der Waals surface area contributed by atoms with E-state index in [9.17, 15) is 5.11 Å². The number of likely N-dealkylation sites (tertiary alicyclic amines) is 1. The van der Waals surface area contributed by atoms with Crippen molar-refractivity contribution in [3.8, 4) is 0 Å². The fraction of sp³-hybridized carbons (Fsp3) is 1.00. The van der Waals surface area contributed by atoms with Gasteiger partial charge in [0.2, 0.25) is 0 Å². The Kier molecular flexibility index (Phi) is 6.93. The Hall–Kier alpha value is -0.160.